The van der Waals surface area contributed by atoms with E-state index in [4.69, 9.17) is 0 Å². The van der Waals surface area contributed by atoms with E-state index in [0.717, 1.165) is 12.4 Å². The minimum Gasteiger partial charge on any atom is -0.303 e. The highest BCUT2D eigenvalue weighted by Gasteiger charge is 1.94. The first-order valence-corrected chi connectivity index (χ1v) is 5.13. The predicted octanol–water partition coefficient (Wildman–Crippen LogP) is 2.49. The molecule has 1 aromatic heterocycles. The third-order valence-corrected chi connectivity index (χ3v) is 2.89. The molecule has 0 aliphatic rings. The van der Waals surface area contributed by atoms with Gasteiger partial charge in [-0.3, -0.25) is 0 Å². The van der Waals surface area contributed by atoms with Crippen molar-refractivity contribution >= 4 is 39.9 Å². The van der Waals surface area contributed by atoms with Crippen LogP contribution in [0.3, 0.4) is 0 Å². The Morgan fingerprint density at radius 3 is 2.90 bits per heavy atom. The summed E-state index contributed by atoms with van der Waals surface area (Å²) in [6, 6.07) is 4.16. The zero-order chi connectivity index (χ0) is 7.40. The Balaban J connectivity index is 2.42. The normalized spacial score (nSPS) is 10.2. The molecule has 0 atom stereocenters. The summed E-state index contributed by atoms with van der Waals surface area (Å²) in [5, 5.41) is 3.13. The Morgan fingerprint density at radius 2 is 2.40 bits per heavy atom. The van der Waals surface area contributed by atoms with Gasteiger partial charge in [-0.25, -0.2) is 0 Å². The molecule has 0 radical (unpaired) electrons. The number of thiol groups is 1. The van der Waals surface area contributed by atoms with E-state index in [1.54, 1.807) is 11.3 Å². The van der Waals surface area contributed by atoms with Gasteiger partial charge in [0.05, 0.1) is 3.79 Å². The zero-order valence-electron chi connectivity index (χ0n) is 5.30. The lowest BCUT2D eigenvalue weighted by atomic mass is 10.5. The number of halogens is 1. The second-order valence-electron chi connectivity index (χ2n) is 1.79. The Hall–Kier alpha value is 0.490. The topological polar surface area (TPSA) is 12.0 Å². The average Bonchev–Trinajstić information content (AvgIpc) is 2.31. The molecule has 10 heavy (non-hydrogen) atoms. The number of rotatable bonds is 3. The molecule has 1 rings (SSSR count). The Bertz CT molecular complexity index is 199. The lowest BCUT2D eigenvalue weighted by Gasteiger charge is -1.94. The molecule has 1 N–H and O–H groups in total. The molecule has 1 heterocycles. The Morgan fingerprint density at radius 1 is 1.60 bits per heavy atom. The van der Waals surface area contributed by atoms with Crippen LogP contribution in [-0.4, -0.2) is 5.88 Å². The van der Waals surface area contributed by atoms with E-state index < -0.39 is 0 Å². The van der Waals surface area contributed by atoms with Gasteiger partial charge in [0.2, 0.25) is 0 Å². The standard InChI is InChI=1S/C6H8BrNS2/c7-6-2-1-5(10-6)3-8-4-9/h1-2,8-9H,3-4H2. The van der Waals surface area contributed by atoms with Crippen LogP contribution < -0.4 is 5.32 Å². The first-order chi connectivity index (χ1) is 4.83. The van der Waals surface area contributed by atoms with Gasteiger partial charge in [-0.2, -0.15) is 12.6 Å². The maximum atomic E-state index is 4.04. The summed E-state index contributed by atoms with van der Waals surface area (Å²) in [6.07, 6.45) is 0. The molecule has 0 aromatic carbocycles. The van der Waals surface area contributed by atoms with Crippen LogP contribution in [0.5, 0.6) is 0 Å². The van der Waals surface area contributed by atoms with Crippen molar-refractivity contribution < 1.29 is 0 Å². The minimum atomic E-state index is 0.732. The molecule has 0 bridgehead atoms. The quantitative estimate of drug-likeness (QED) is 0.609. The van der Waals surface area contributed by atoms with Gasteiger partial charge in [0.1, 0.15) is 0 Å². The van der Waals surface area contributed by atoms with Crippen molar-refractivity contribution in [1.29, 1.82) is 0 Å². The summed E-state index contributed by atoms with van der Waals surface area (Å²) in [6.45, 7) is 0.916. The summed E-state index contributed by atoms with van der Waals surface area (Å²) in [5.41, 5.74) is 0. The highest BCUT2D eigenvalue weighted by molar-refractivity contribution is 9.11. The molecule has 0 unspecified atom stereocenters. The van der Waals surface area contributed by atoms with Crippen molar-refractivity contribution in [3.8, 4) is 0 Å². The minimum absolute atomic E-state index is 0.732. The number of hydrogen-bond donors (Lipinski definition) is 2. The average molecular weight is 238 g/mol. The van der Waals surface area contributed by atoms with Crippen LogP contribution in [-0.2, 0) is 6.54 Å². The van der Waals surface area contributed by atoms with Crippen molar-refractivity contribution in [1.82, 2.24) is 5.32 Å². The highest BCUT2D eigenvalue weighted by atomic mass is 79.9. The molecule has 0 aliphatic carbocycles. The van der Waals surface area contributed by atoms with Crippen LogP contribution in [0.15, 0.2) is 15.9 Å². The molecule has 0 spiro atoms. The van der Waals surface area contributed by atoms with Crippen LogP contribution in [0.25, 0.3) is 0 Å². The van der Waals surface area contributed by atoms with E-state index in [1.807, 2.05) is 0 Å². The zero-order valence-corrected chi connectivity index (χ0v) is 8.60. The smallest absolute Gasteiger partial charge is 0.0701 e. The molecule has 56 valence electrons. The predicted molar refractivity (Wildman–Crippen MR) is 52.7 cm³/mol. The van der Waals surface area contributed by atoms with E-state index in [9.17, 15) is 0 Å². The molecule has 0 fully saturated rings. The fraction of sp³-hybridized carbons (Fsp3) is 0.333. The number of hydrogen-bond acceptors (Lipinski definition) is 3. The van der Waals surface area contributed by atoms with Crippen molar-refractivity contribution in [2.45, 2.75) is 6.54 Å². The van der Waals surface area contributed by atoms with E-state index >= 15 is 0 Å². The summed E-state index contributed by atoms with van der Waals surface area (Å²) in [5.74, 6) is 0.732. The van der Waals surface area contributed by atoms with E-state index in [1.165, 1.54) is 8.66 Å². The van der Waals surface area contributed by atoms with Crippen molar-refractivity contribution in [2.75, 3.05) is 5.88 Å². The summed E-state index contributed by atoms with van der Waals surface area (Å²) >= 11 is 9.18. The first-order valence-electron chi connectivity index (χ1n) is 2.88. The molecule has 0 amide bonds. The van der Waals surface area contributed by atoms with Gasteiger partial charge in [0, 0.05) is 17.3 Å². The van der Waals surface area contributed by atoms with Crippen LogP contribution in [0.4, 0.5) is 0 Å². The van der Waals surface area contributed by atoms with E-state index in [-0.39, 0.29) is 0 Å². The Kier molecular flexibility index (Phi) is 3.76. The highest BCUT2D eigenvalue weighted by Crippen LogP contribution is 2.21. The number of thiophene rings is 1. The molecule has 4 heteroatoms. The van der Waals surface area contributed by atoms with Crippen molar-refractivity contribution in [2.24, 2.45) is 0 Å². The fourth-order valence-electron chi connectivity index (χ4n) is 0.626. The van der Waals surface area contributed by atoms with E-state index in [2.05, 4.69) is 46.0 Å². The maximum absolute atomic E-state index is 4.04. The number of nitrogens with one attached hydrogen (secondary N) is 1. The lowest BCUT2D eigenvalue weighted by Crippen LogP contribution is -2.08. The maximum Gasteiger partial charge on any atom is 0.0701 e. The SMILES string of the molecule is SCNCc1ccc(Br)s1. The summed E-state index contributed by atoms with van der Waals surface area (Å²) in [7, 11) is 0. The molecule has 1 nitrogen and oxygen atoms in total. The monoisotopic (exact) mass is 237 g/mol. The largest absolute Gasteiger partial charge is 0.303 e. The molecule has 0 aliphatic heterocycles. The molecule has 1 aromatic rings. The van der Waals surface area contributed by atoms with Gasteiger partial charge in [0.15, 0.2) is 0 Å². The Labute approximate surface area is 78.4 Å². The van der Waals surface area contributed by atoms with Crippen molar-refractivity contribution in [3.63, 3.8) is 0 Å². The van der Waals surface area contributed by atoms with Gasteiger partial charge in [0.25, 0.3) is 0 Å². The van der Waals surface area contributed by atoms with Crippen LogP contribution in [0.2, 0.25) is 0 Å². The van der Waals surface area contributed by atoms with Gasteiger partial charge in [-0.05, 0) is 28.1 Å². The fourth-order valence-corrected chi connectivity index (χ4v) is 2.19. The summed E-state index contributed by atoms with van der Waals surface area (Å²) < 4.78 is 1.18. The van der Waals surface area contributed by atoms with Gasteiger partial charge in [-0.15, -0.1) is 11.3 Å². The van der Waals surface area contributed by atoms with Gasteiger partial charge < -0.3 is 5.32 Å². The van der Waals surface area contributed by atoms with Crippen molar-refractivity contribution in [3.05, 3.63) is 20.8 Å². The van der Waals surface area contributed by atoms with Crippen LogP contribution in [0, 0.1) is 0 Å². The van der Waals surface area contributed by atoms with Gasteiger partial charge in [-0.1, -0.05) is 0 Å². The third-order valence-electron chi connectivity index (χ3n) is 1.04. The second-order valence-corrected chi connectivity index (χ2v) is 4.65. The second kappa shape index (κ2) is 4.38. The van der Waals surface area contributed by atoms with E-state index in [0.29, 0.717) is 0 Å². The lowest BCUT2D eigenvalue weighted by molar-refractivity contribution is 0.811. The third kappa shape index (κ3) is 2.62. The van der Waals surface area contributed by atoms with Crippen LogP contribution >= 0.6 is 39.9 Å². The molecule has 0 saturated carbocycles. The molecule has 0 saturated heterocycles. The molecular weight excluding hydrogens is 230 g/mol. The van der Waals surface area contributed by atoms with Crippen LogP contribution in [0.1, 0.15) is 4.88 Å². The first kappa shape index (κ1) is 8.59. The summed E-state index contributed by atoms with van der Waals surface area (Å²) in [4.78, 5) is 1.33. The molecular formula is C6H8BrNS2. The van der Waals surface area contributed by atoms with Gasteiger partial charge >= 0.3 is 0 Å².